The van der Waals surface area contributed by atoms with Gasteiger partial charge in [-0.1, -0.05) is 27.5 Å². The van der Waals surface area contributed by atoms with Gasteiger partial charge in [0.1, 0.15) is 30.5 Å². The average Bonchev–Trinajstić information content (AvgIpc) is 2.47. The van der Waals surface area contributed by atoms with Crippen LogP contribution in [0.2, 0.25) is 5.02 Å². The third-order valence-corrected chi connectivity index (χ3v) is 3.47. The summed E-state index contributed by atoms with van der Waals surface area (Å²) in [5.74, 6) is 1.35. The number of halogens is 2. The van der Waals surface area contributed by atoms with E-state index in [4.69, 9.17) is 32.2 Å². The highest BCUT2D eigenvalue weighted by Crippen LogP contribution is 2.27. The van der Waals surface area contributed by atoms with Crippen LogP contribution in [0.4, 0.5) is 0 Å². The first-order valence-corrected chi connectivity index (χ1v) is 7.38. The average molecular weight is 370 g/mol. The Balaban J connectivity index is 1.81. The van der Waals surface area contributed by atoms with Gasteiger partial charge in [-0.25, -0.2) is 0 Å². The normalized spacial score (nSPS) is 10.2. The topological polar surface area (TPSA) is 68.3 Å². The van der Waals surface area contributed by atoms with Gasteiger partial charge in [-0.05, 0) is 42.5 Å². The molecule has 21 heavy (non-hydrogen) atoms. The Morgan fingerprint density at radius 1 is 1.10 bits per heavy atom. The molecule has 3 N–H and O–H groups in total. The molecule has 0 heterocycles. The van der Waals surface area contributed by atoms with Gasteiger partial charge >= 0.3 is 0 Å². The summed E-state index contributed by atoms with van der Waals surface area (Å²) in [7, 11) is 0. The van der Waals surface area contributed by atoms with Crippen molar-refractivity contribution in [3.05, 3.63) is 57.5 Å². The molecule has 2 aromatic rings. The van der Waals surface area contributed by atoms with E-state index in [1.807, 2.05) is 12.1 Å². The standard InChI is InChI=1S/C15H14BrClN2O2/c16-11-3-6-13(17)14(9-11)21-8-7-20-12-4-1-10(2-5-12)15(18)19/h1-6,9H,7-8H2,(H3,18,19). The Bertz CT molecular complexity index is 632. The minimum Gasteiger partial charge on any atom is -0.490 e. The number of amidine groups is 1. The summed E-state index contributed by atoms with van der Waals surface area (Å²) in [6.45, 7) is 0.771. The van der Waals surface area contributed by atoms with E-state index in [1.54, 1.807) is 30.3 Å². The summed E-state index contributed by atoms with van der Waals surface area (Å²) >= 11 is 9.38. The molecule has 0 amide bonds. The highest BCUT2D eigenvalue weighted by molar-refractivity contribution is 9.10. The number of nitrogens with two attached hydrogens (primary N) is 1. The van der Waals surface area contributed by atoms with Gasteiger partial charge in [-0.15, -0.1) is 0 Å². The molecule has 0 saturated carbocycles. The van der Waals surface area contributed by atoms with Crippen LogP contribution in [0.3, 0.4) is 0 Å². The van der Waals surface area contributed by atoms with Crippen LogP contribution in [0, 0.1) is 5.41 Å². The zero-order valence-electron chi connectivity index (χ0n) is 11.1. The molecule has 0 aliphatic rings. The summed E-state index contributed by atoms with van der Waals surface area (Å²) in [4.78, 5) is 0. The van der Waals surface area contributed by atoms with Gasteiger partial charge in [-0.3, -0.25) is 5.41 Å². The zero-order valence-corrected chi connectivity index (χ0v) is 13.4. The van der Waals surface area contributed by atoms with Crippen molar-refractivity contribution in [2.45, 2.75) is 0 Å². The number of hydrogen-bond donors (Lipinski definition) is 2. The molecule has 0 atom stereocenters. The number of nitrogen functional groups attached to an aromatic ring is 1. The Hall–Kier alpha value is -1.72. The smallest absolute Gasteiger partial charge is 0.139 e. The van der Waals surface area contributed by atoms with Gasteiger partial charge in [0.05, 0.1) is 5.02 Å². The molecule has 0 saturated heterocycles. The number of rotatable bonds is 6. The van der Waals surface area contributed by atoms with Gasteiger partial charge in [0, 0.05) is 10.0 Å². The van der Waals surface area contributed by atoms with E-state index >= 15 is 0 Å². The first-order valence-electron chi connectivity index (χ1n) is 6.21. The molecule has 4 nitrogen and oxygen atoms in total. The highest BCUT2D eigenvalue weighted by Gasteiger charge is 2.03. The summed E-state index contributed by atoms with van der Waals surface area (Å²) in [5, 5.41) is 7.87. The van der Waals surface area contributed by atoms with Crippen molar-refractivity contribution in [2.24, 2.45) is 5.73 Å². The van der Waals surface area contributed by atoms with Gasteiger partial charge in [0.15, 0.2) is 0 Å². The maximum Gasteiger partial charge on any atom is 0.139 e. The zero-order chi connectivity index (χ0) is 15.2. The van der Waals surface area contributed by atoms with E-state index in [0.29, 0.717) is 35.3 Å². The van der Waals surface area contributed by atoms with Crippen molar-refractivity contribution < 1.29 is 9.47 Å². The fourth-order valence-electron chi connectivity index (χ4n) is 1.63. The molecule has 0 radical (unpaired) electrons. The van der Waals surface area contributed by atoms with E-state index < -0.39 is 0 Å². The van der Waals surface area contributed by atoms with Crippen molar-refractivity contribution in [3.63, 3.8) is 0 Å². The number of benzene rings is 2. The lowest BCUT2D eigenvalue weighted by atomic mass is 10.2. The van der Waals surface area contributed by atoms with Gasteiger partial charge in [0.2, 0.25) is 0 Å². The lowest BCUT2D eigenvalue weighted by Crippen LogP contribution is -2.11. The minimum atomic E-state index is 0.0363. The van der Waals surface area contributed by atoms with Crippen LogP contribution in [0.1, 0.15) is 5.56 Å². The van der Waals surface area contributed by atoms with Crippen LogP contribution in [-0.4, -0.2) is 19.0 Å². The third kappa shape index (κ3) is 4.65. The molecule has 6 heteroatoms. The molecule has 0 fully saturated rings. The molecule has 0 aliphatic heterocycles. The van der Waals surface area contributed by atoms with E-state index in [0.717, 1.165) is 4.47 Å². The second-order valence-corrected chi connectivity index (χ2v) is 5.53. The van der Waals surface area contributed by atoms with E-state index in [2.05, 4.69) is 15.9 Å². The predicted molar refractivity (Wildman–Crippen MR) is 87.6 cm³/mol. The van der Waals surface area contributed by atoms with E-state index in [9.17, 15) is 0 Å². The van der Waals surface area contributed by atoms with Crippen molar-refractivity contribution in [3.8, 4) is 11.5 Å². The monoisotopic (exact) mass is 368 g/mol. The Kier molecular flexibility index (Phi) is 5.47. The molecule has 0 bridgehead atoms. The summed E-state index contributed by atoms with van der Waals surface area (Å²) in [5.41, 5.74) is 6.05. The van der Waals surface area contributed by atoms with Crippen molar-refractivity contribution in [2.75, 3.05) is 13.2 Å². The lowest BCUT2D eigenvalue weighted by Gasteiger charge is -2.10. The Labute approximate surface area is 136 Å². The highest BCUT2D eigenvalue weighted by atomic mass is 79.9. The second kappa shape index (κ2) is 7.33. The molecule has 0 spiro atoms. The molecule has 110 valence electrons. The number of nitrogens with one attached hydrogen (secondary N) is 1. The fourth-order valence-corrected chi connectivity index (χ4v) is 2.14. The lowest BCUT2D eigenvalue weighted by molar-refractivity contribution is 0.217. The molecule has 0 aliphatic carbocycles. The molecule has 2 rings (SSSR count). The first kappa shape index (κ1) is 15.7. The van der Waals surface area contributed by atoms with Crippen LogP contribution in [0.25, 0.3) is 0 Å². The summed E-state index contributed by atoms with van der Waals surface area (Å²) in [6, 6.07) is 12.4. The minimum absolute atomic E-state index is 0.0363. The summed E-state index contributed by atoms with van der Waals surface area (Å²) < 4.78 is 12.0. The molecular weight excluding hydrogens is 356 g/mol. The quantitative estimate of drug-likeness (QED) is 0.462. The Morgan fingerprint density at radius 2 is 1.76 bits per heavy atom. The first-order chi connectivity index (χ1) is 10.1. The SMILES string of the molecule is N=C(N)c1ccc(OCCOc2cc(Br)ccc2Cl)cc1. The van der Waals surface area contributed by atoms with Crippen LogP contribution >= 0.6 is 27.5 Å². The predicted octanol–water partition coefficient (Wildman–Crippen LogP) is 3.84. The maximum atomic E-state index is 7.31. The van der Waals surface area contributed by atoms with Crippen LogP contribution in [0.15, 0.2) is 46.9 Å². The van der Waals surface area contributed by atoms with Crippen molar-refractivity contribution in [1.82, 2.24) is 0 Å². The fraction of sp³-hybridized carbons (Fsp3) is 0.133. The summed E-state index contributed by atoms with van der Waals surface area (Å²) in [6.07, 6.45) is 0. The van der Waals surface area contributed by atoms with E-state index in [1.165, 1.54) is 0 Å². The van der Waals surface area contributed by atoms with Gasteiger partial charge in [-0.2, -0.15) is 0 Å². The third-order valence-electron chi connectivity index (χ3n) is 2.67. The van der Waals surface area contributed by atoms with Crippen LogP contribution in [-0.2, 0) is 0 Å². The number of ether oxygens (including phenoxy) is 2. The number of hydrogen-bond acceptors (Lipinski definition) is 3. The second-order valence-electron chi connectivity index (χ2n) is 4.21. The molecule has 2 aromatic carbocycles. The van der Waals surface area contributed by atoms with Gasteiger partial charge in [0.25, 0.3) is 0 Å². The Morgan fingerprint density at radius 3 is 2.43 bits per heavy atom. The van der Waals surface area contributed by atoms with Crippen LogP contribution in [0.5, 0.6) is 11.5 Å². The van der Waals surface area contributed by atoms with Crippen LogP contribution < -0.4 is 15.2 Å². The van der Waals surface area contributed by atoms with Gasteiger partial charge < -0.3 is 15.2 Å². The van der Waals surface area contributed by atoms with Crippen molar-refractivity contribution in [1.29, 1.82) is 5.41 Å². The van der Waals surface area contributed by atoms with E-state index in [-0.39, 0.29) is 5.84 Å². The largest absolute Gasteiger partial charge is 0.490 e. The van der Waals surface area contributed by atoms with Crippen molar-refractivity contribution >= 4 is 33.4 Å². The molecule has 0 unspecified atom stereocenters. The molecular formula is C15H14BrClN2O2. The molecule has 0 aromatic heterocycles. The maximum absolute atomic E-state index is 7.31.